The number of hydrogen-bond acceptors (Lipinski definition) is 4. The zero-order valence-electron chi connectivity index (χ0n) is 13.5. The van der Waals surface area contributed by atoms with E-state index in [1.165, 1.54) is 36.9 Å². The van der Waals surface area contributed by atoms with Gasteiger partial charge < -0.3 is 5.32 Å². The molecule has 0 amide bonds. The Morgan fingerprint density at radius 1 is 1.14 bits per heavy atom. The van der Waals surface area contributed by atoms with Gasteiger partial charge in [0, 0.05) is 29.5 Å². The van der Waals surface area contributed by atoms with Gasteiger partial charge in [0.2, 0.25) is 0 Å². The third-order valence-electron chi connectivity index (χ3n) is 5.02. The number of fused-ring (bicyclic) bond motifs is 1. The maximum Gasteiger partial charge on any atom is 0.134 e. The van der Waals surface area contributed by atoms with Gasteiger partial charge in [-0.3, -0.25) is 0 Å². The third-order valence-corrected chi connectivity index (χ3v) is 5.99. The van der Waals surface area contributed by atoms with Crippen molar-refractivity contribution >= 4 is 17.6 Å². The number of hydrogen-bond donors (Lipinski definition) is 1. The van der Waals surface area contributed by atoms with Crippen LogP contribution < -0.4 is 5.32 Å². The first-order chi connectivity index (χ1) is 10.2. The third kappa shape index (κ3) is 3.20. The lowest BCUT2D eigenvalue weighted by Gasteiger charge is -2.30. The average molecular weight is 305 g/mol. The van der Waals surface area contributed by atoms with Crippen LogP contribution in [0.1, 0.15) is 69.5 Å². The zero-order valence-corrected chi connectivity index (χ0v) is 14.3. The van der Waals surface area contributed by atoms with E-state index in [1.807, 2.05) is 11.8 Å². The molecule has 1 aromatic heterocycles. The summed E-state index contributed by atoms with van der Waals surface area (Å²) in [5, 5.41) is 3.45. The summed E-state index contributed by atoms with van der Waals surface area (Å²) in [4.78, 5) is 9.81. The van der Waals surface area contributed by atoms with E-state index >= 15 is 0 Å². The van der Waals surface area contributed by atoms with Gasteiger partial charge in [0.1, 0.15) is 11.6 Å². The monoisotopic (exact) mass is 305 g/mol. The molecule has 1 saturated carbocycles. The van der Waals surface area contributed by atoms with Crippen molar-refractivity contribution in [2.24, 2.45) is 11.8 Å². The topological polar surface area (TPSA) is 37.8 Å². The van der Waals surface area contributed by atoms with E-state index in [9.17, 15) is 0 Å². The molecule has 0 saturated heterocycles. The Kier molecular flexibility index (Phi) is 4.72. The maximum atomic E-state index is 4.92. The van der Waals surface area contributed by atoms with Crippen molar-refractivity contribution < 1.29 is 0 Å². The van der Waals surface area contributed by atoms with Gasteiger partial charge in [0.15, 0.2) is 0 Å². The Bertz CT molecular complexity index is 493. The Morgan fingerprint density at radius 2 is 1.90 bits per heavy atom. The zero-order chi connectivity index (χ0) is 14.8. The van der Waals surface area contributed by atoms with E-state index in [2.05, 4.69) is 26.1 Å². The fourth-order valence-corrected chi connectivity index (χ4v) is 4.65. The molecule has 0 atom stereocenters. The van der Waals surface area contributed by atoms with Crippen LogP contribution in [0, 0.1) is 11.8 Å². The first kappa shape index (κ1) is 15.1. The van der Waals surface area contributed by atoms with E-state index in [4.69, 9.17) is 9.97 Å². The van der Waals surface area contributed by atoms with Crippen molar-refractivity contribution in [1.29, 1.82) is 0 Å². The Labute approximate surface area is 132 Å². The highest BCUT2D eigenvalue weighted by Crippen LogP contribution is 2.40. The molecule has 1 aliphatic heterocycles. The highest BCUT2D eigenvalue weighted by atomic mass is 32.2. The molecule has 0 radical (unpaired) electrons. The second kappa shape index (κ2) is 6.55. The molecule has 0 aromatic carbocycles. The van der Waals surface area contributed by atoms with Gasteiger partial charge in [-0.2, -0.15) is 11.8 Å². The summed E-state index contributed by atoms with van der Waals surface area (Å²) in [6, 6.07) is 0. The minimum atomic E-state index is 0.577. The molecule has 116 valence electrons. The lowest BCUT2D eigenvalue weighted by molar-refractivity contribution is 0.254. The Morgan fingerprint density at radius 3 is 2.57 bits per heavy atom. The Hall–Kier alpha value is -0.770. The minimum absolute atomic E-state index is 0.577. The highest BCUT2D eigenvalue weighted by molar-refractivity contribution is 7.98. The summed E-state index contributed by atoms with van der Waals surface area (Å²) in [6.07, 6.45) is 5.21. The van der Waals surface area contributed by atoms with Crippen LogP contribution in [0.2, 0.25) is 0 Å². The van der Waals surface area contributed by atoms with Crippen LogP contribution in [0.5, 0.6) is 0 Å². The van der Waals surface area contributed by atoms with Crippen molar-refractivity contribution in [3.63, 3.8) is 0 Å². The molecular weight excluding hydrogens is 278 g/mol. The van der Waals surface area contributed by atoms with Crippen molar-refractivity contribution in [2.45, 2.75) is 63.9 Å². The minimum Gasteiger partial charge on any atom is -0.370 e. The predicted molar refractivity (Wildman–Crippen MR) is 90.7 cm³/mol. The van der Waals surface area contributed by atoms with Crippen LogP contribution in [-0.4, -0.2) is 16.5 Å². The Balaban J connectivity index is 1.78. The van der Waals surface area contributed by atoms with Gasteiger partial charge >= 0.3 is 0 Å². The van der Waals surface area contributed by atoms with E-state index in [0.29, 0.717) is 5.92 Å². The van der Waals surface area contributed by atoms with Crippen LogP contribution in [-0.2, 0) is 11.5 Å². The van der Waals surface area contributed by atoms with Crippen LogP contribution >= 0.6 is 11.8 Å². The van der Waals surface area contributed by atoms with Crippen molar-refractivity contribution in [3.05, 3.63) is 17.1 Å². The van der Waals surface area contributed by atoms with Crippen molar-refractivity contribution in [2.75, 3.05) is 11.9 Å². The molecule has 1 aliphatic carbocycles. The first-order valence-electron chi connectivity index (χ1n) is 8.40. The summed E-state index contributed by atoms with van der Waals surface area (Å²) in [7, 11) is 0. The predicted octanol–water partition coefficient (Wildman–Crippen LogP) is 4.59. The second-order valence-electron chi connectivity index (χ2n) is 6.73. The molecule has 3 nitrogen and oxygen atoms in total. The molecule has 21 heavy (non-hydrogen) atoms. The lowest BCUT2D eigenvalue weighted by atomic mass is 9.76. The number of thioether (sulfide) groups is 1. The smallest absolute Gasteiger partial charge is 0.134 e. The number of nitrogens with one attached hydrogen (secondary N) is 1. The van der Waals surface area contributed by atoms with Gasteiger partial charge in [0.25, 0.3) is 0 Å². The number of anilines is 1. The van der Waals surface area contributed by atoms with Crippen molar-refractivity contribution in [1.82, 2.24) is 9.97 Å². The molecule has 0 unspecified atom stereocenters. The summed E-state index contributed by atoms with van der Waals surface area (Å²) < 4.78 is 0. The van der Waals surface area contributed by atoms with E-state index in [-0.39, 0.29) is 0 Å². The number of nitrogens with zero attached hydrogens (tertiary/aromatic N) is 2. The SMILES string of the molecule is CCNc1nc(C2CCC(C(C)C)CC2)nc2c1CSC2. The molecular formula is C17H27N3S. The lowest BCUT2D eigenvalue weighted by Crippen LogP contribution is -2.20. The average Bonchev–Trinajstić information content (AvgIpc) is 2.96. The van der Waals surface area contributed by atoms with E-state index < -0.39 is 0 Å². The van der Waals surface area contributed by atoms with Crippen LogP contribution in [0.25, 0.3) is 0 Å². The molecule has 1 N–H and O–H groups in total. The number of aromatic nitrogens is 2. The van der Waals surface area contributed by atoms with Gasteiger partial charge in [-0.05, 0) is 44.4 Å². The molecule has 2 heterocycles. The van der Waals surface area contributed by atoms with E-state index in [0.717, 1.165) is 41.5 Å². The van der Waals surface area contributed by atoms with Gasteiger partial charge in [-0.1, -0.05) is 13.8 Å². The molecule has 1 fully saturated rings. The maximum absolute atomic E-state index is 4.92. The summed E-state index contributed by atoms with van der Waals surface area (Å²) in [6.45, 7) is 7.80. The van der Waals surface area contributed by atoms with Crippen molar-refractivity contribution in [3.8, 4) is 0 Å². The fourth-order valence-electron chi connectivity index (χ4n) is 3.61. The summed E-state index contributed by atoms with van der Waals surface area (Å²) in [5.74, 6) is 6.64. The quantitative estimate of drug-likeness (QED) is 0.883. The molecule has 0 bridgehead atoms. The van der Waals surface area contributed by atoms with Crippen LogP contribution in [0.3, 0.4) is 0 Å². The highest BCUT2D eigenvalue weighted by Gasteiger charge is 2.28. The van der Waals surface area contributed by atoms with Crippen LogP contribution in [0.4, 0.5) is 5.82 Å². The first-order valence-corrected chi connectivity index (χ1v) is 9.55. The van der Waals surface area contributed by atoms with E-state index in [1.54, 1.807) is 0 Å². The van der Waals surface area contributed by atoms with Gasteiger partial charge in [0.05, 0.1) is 5.69 Å². The normalized spacial score (nSPS) is 25.1. The van der Waals surface area contributed by atoms with Crippen LogP contribution in [0.15, 0.2) is 0 Å². The molecule has 0 spiro atoms. The molecule has 4 heteroatoms. The van der Waals surface area contributed by atoms with Gasteiger partial charge in [-0.15, -0.1) is 0 Å². The molecule has 3 rings (SSSR count). The molecule has 2 aliphatic rings. The fraction of sp³-hybridized carbons (Fsp3) is 0.765. The van der Waals surface area contributed by atoms with Gasteiger partial charge in [-0.25, -0.2) is 9.97 Å². The standard InChI is InChI=1S/C17H27N3S/c1-4-18-17-14-9-21-10-15(14)19-16(20-17)13-7-5-12(6-8-13)11(2)3/h11-13H,4-10H2,1-3H3,(H,18,19,20). The summed E-state index contributed by atoms with van der Waals surface area (Å²) in [5.41, 5.74) is 2.63. The largest absolute Gasteiger partial charge is 0.370 e. The molecule has 1 aromatic rings. The second-order valence-corrected chi connectivity index (χ2v) is 7.72. The number of rotatable bonds is 4. The summed E-state index contributed by atoms with van der Waals surface area (Å²) >= 11 is 1.96.